The van der Waals surface area contributed by atoms with E-state index in [2.05, 4.69) is 56.9 Å². The lowest BCUT2D eigenvalue weighted by Gasteiger charge is -2.57. The molecule has 156 valence electrons. The quantitative estimate of drug-likeness (QED) is 0.779. The summed E-state index contributed by atoms with van der Waals surface area (Å²) in [4.78, 5) is 10.2. The molecule has 3 saturated heterocycles. The number of aryl methyl sites for hydroxylation is 1. The van der Waals surface area contributed by atoms with Gasteiger partial charge in [0.05, 0.1) is 13.7 Å². The maximum atomic E-state index is 5.49. The molecule has 0 saturated carbocycles. The highest BCUT2D eigenvalue weighted by Gasteiger charge is 2.46. The Morgan fingerprint density at radius 2 is 2.07 bits per heavy atom. The lowest BCUT2D eigenvalue weighted by molar-refractivity contribution is -0.0735. The molecule has 3 aliphatic rings. The number of nitrogens with zero attached hydrogens (tertiary/aromatic N) is 4. The van der Waals surface area contributed by atoms with Crippen molar-refractivity contribution in [2.24, 2.45) is 18.9 Å². The van der Waals surface area contributed by atoms with Gasteiger partial charge in [0.25, 0.3) is 0 Å². The molecule has 5 heteroatoms. The first-order valence-electron chi connectivity index (χ1n) is 11.3. The van der Waals surface area contributed by atoms with Gasteiger partial charge in [-0.3, -0.25) is 9.80 Å². The summed E-state index contributed by atoms with van der Waals surface area (Å²) in [6, 6.07) is 10.1. The van der Waals surface area contributed by atoms with Crippen molar-refractivity contribution in [2.45, 2.75) is 50.7 Å². The standard InChI is InChI=1S/C24H34N4O/c1-26-11-9-25-24(26)17-27-15-19-14-20(16-27)23(28-10-4-3-8-22(19)28)13-18-6-5-7-21(12-18)29-2/h5-7,9,11-12,19-20,22-23H,3-4,8,10,13-17H2,1-2H3/t19-,20+,22+,23+/m1/s1. The summed E-state index contributed by atoms with van der Waals surface area (Å²) < 4.78 is 7.66. The number of likely N-dealkylation sites (tertiary alicyclic amines) is 1. The third-order valence-corrected chi connectivity index (χ3v) is 7.56. The van der Waals surface area contributed by atoms with Crippen molar-refractivity contribution < 1.29 is 4.74 Å². The monoisotopic (exact) mass is 394 g/mol. The number of benzene rings is 1. The highest BCUT2D eigenvalue weighted by molar-refractivity contribution is 5.29. The molecule has 4 atom stereocenters. The van der Waals surface area contributed by atoms with Gasteiger partial charge < -0.3 is 9.30 Å². The Morgan fingerprint density at radius 1 is 1.17 bits per heavy atom. The Bertz CT molecular complexity index is 834. The molecule has 1 aromatic heterocycles. The van der Waals surface area contributed by atoms with Crippen LogP contribution in [0.3, 0.4) is 0 Å². The van der Waals surface area contributed by atoms with Crippen molar-refractivity contribution in [3.8, 4) is 5.75 Å². The van der Waals surface area contributed by atoms with Crippen LogP contribution in [0.15, 0.2) is 36.7 Å². The summed E-state index contributed by atoms with van der Waals surface area (Å²) in [5.74, 6) is 3.73. The Morgan fingerprint density at radius 3 is 2.90 bits per heavy atom. The third kappa shape index (κ3) is 3.82. The summed E-state index contributed by atoms with van der Waals surface area (Å²) in [6.45, 7) is 4.69. The van der Waals surface area contributed by atoms with Crippen LogP contribution < -0.4 is 4.74 Å². The minimum atomic E-state index is 0.646. The molecule has 0 N–H and O–H groups in total. The predicted octanol–water partition coefficient (Wildman–Crippen LogP) is 3.35. The maximum Gasteiger partial charge on any atom is 0.122 e. The zero-order valence-electron chi connectivity index (χ0n) is 17.8. The van der Waals surface area contributed by atoms with E-state index in [0.717, 1.165) is 36.6 Å². The fourth-order valence-electron chi connectivity index (χ4n) is 6.20. The molecule has 5 nitrogen and oxygen atoms in total. The lowest BCUT2D eigenvalue weighted by atomic mass is 9.71. The second kappa shape index (κ2) is 8.11. The van der Waals surface area contributed by atoms with E-state index >= 15 is 0 Å². The Balaban J connectivity index is 1.38. The van der Waals surface area contributed by atoms with Crippen LogP contribution in [0.5, 0.6) is 5.75 Å². The van der Waals surface area contributed by atoms with Crippen LogP contribution in [0, 0.1) is 11.8 Å². The maximum absolute atomic E-state index is 5.49. The van der Waals surface area contributed by atoms with Crippen molar-refractivity contribution in [1.29, 1.82) is 0 Å². The number of ether oxygens (including phenoxy) is 1. The van der Waals surface area contributed by atoms with Gasteiger partial charge in [0.15, 0.2) is 0 Å². The van der Waals surface area contributed by atoms with Gasteiger partial charge in [-0.2, -0.15) is 0 Å². The van der Waals surface area contributed by atoms with Crippen LogP contribution in [0.25, 0.3) is 0 Å². The van der Waals surface area contributed by atoms with E-state index in [4.69, 9.17) is 4.74 Å². The largest absolute Gasteiger partial charge is 0.497 e. The Hall–Kier alpha value is -1.85. The van der Waals surface area contributed by atoms with Crippen LogP contribution in [0.1, 0.15) is 37.1 Å². The molecular formula is C24H34N4O. The SMILES string of the molecule is COc1cccc(C[C@H]2[C@H]3C[C@H](CN(Cc4nccn4C)C3)[C@@H]3CCCCN32)c1. The van der Waals surface area contributed by atoms with Gasteiger partial charge in [-0.25, -0.2) is 4.98 Å². The van der Waals surface area contributed by atoms with Crippen LogP contribution in [0.2, 0.25) is 0 Å². The Kier molecular flexibility index (Phi) is 5.35. The molecule has 0 radical (unpaired) electrons. The van der Waals surface area contributed by atoms with Gasteiger partial charge in [-0.15, -0.1) is 0 Å². The van der Waals surface area contributed by atoms with Gasteiger partial charge in [0.2, 0.25) is 0 Å². The molecular weight excluding hydrogens is 360 g/mol. The molecule has 3 fully saturated rings. The van der Waals surface area contributed by atoms with Crippen LogP contribution in [0.4, 0.5) is 0 Å². The van der Waals surface area contributed by atoms with Crippen LogP contribution >= 0.6 is 0 Å². The molecule has 0 amide bonds. The first-order valence-corrected chi connectivity index (χ1v) is 11.3. The first-order chi connectivity index (χ1) is 14.2. The molecule has 29 heavy (non-hydrogen) atoms. The van der Waals surface area contributed by atoms with E-state index in [0.29, 0.717) is 6.04 Å². The minimum Gasteiger partial charge on any atom is -0.497 e. The first kappa shape index (κ1) is 19.1. The topological polar surface area (TPSA) is 33.5 Å². The molecule has 2 aromatic rings. The fraction of sp³-hybridized carbons (Fsp3) is 0.625. The van der Waals surface area contributed by atoms with Crippen molar-refractivity contribution >= 4 is 0 Å². The normalized spacial score (nSPS) is 30.1. The Labute approximate surface area is 174 Å². The van der Waals surface area contributed by atoms with E-state index in [1.807, 2.05) is 6.20 Å². The number of imidazole rings is 1. The highest BCUT2D eigenvalue weighted by Crippen LogP contribution is 2.42. The number of aromatic nitrogens is 2. The molecule has 0 unspecified atom stereocenters. The van der Waals surface area contributed by atoms with E-state index in [1.165, 1.54) is 56.7 Å². The zero-order chi connectivity index (χ0) is 19.8. The van der Waals surface area contributed by atoms with Crippen LogP contribution in [-0.4, -0.2) is 58.2 Å². The van der Waals surface area contributed by atoms with E-state index in [-0.39, 0.29) is 0 Å². The highest BCUT2D eigenvalue weighted by atomic mass is 16.5. The fourth-order valence-corrected chi connectivity index (χ4v) is 6.20. The minimum absolute atomic E-state index is 0.646. The van der Waals surface area contributed by atoms with Crippen molar-refractivity contribution in [1.82, 2.24) is 19.4 Å². The number of methoxy groups -OCH3 is 1. The zero-order valence-corrected chi connectivity index (χ0v) is 17.8. The van der Waals surface area contributed by atoms with Gasteiger partial charge in [-0.05, 0) is 61.8 Å². The van der Waals surface area contributed by atoms with Gasteiger partial charge in [-0.1, -0.05) is 18.6 Å². The average Bonchev–Trinajstić information content (AvgIpc) is 3.15. The summed E-state index contributed by atoms with van der Waals surface area (Å²) >= 11 is 0. The number of hydrogen-bond donors (Lipinski definition) is 0. The van der Waals surface area contributed by atoms with Crippen molar-refractivity contribution in [3.63, 3.8) is 0 Å². The van der Waals surface area contributed by atoms with E-state index in [1.54, 1.807) is 7.11 Å². The third-order valence-electron chi connectivity index (χ3n) is 7.56. The molecule has 0 spiro atoms. The van der Waals surface area contributed by atoms with Gasteiger partial charge in [0, 0.05) is 44.6 Å². The van der Waals surface area contributed by atoms with E-state index in [9.17, 15) is 0 Å². The number of hydrogen-bond acceptors (Lipinski definition) is 4. The average molecular weight is 395 g/mol. The smallest absolute Gasteiger partial charge is 0.122 e. The predicted molar refractivity (Wildman–Crippen MR) is 115 cm³/mol. The molecule has 3 aliphatic heterocycles. The summed E-state index contributed by atoms with van der Waals surface area (Å²) in [7, 11) is 3.88. The lowest BCUT2D eigenvalue weighted by Crippen LogP contribution is -2.63. The molecule has 1 aromatic carbocycles. The number of piperidine rings is 3. The van der Waals surface area contributed by atoms with E-state index < -0.39 is 0 Å². The molecule has 4 heterocycles. The summed E-state index contributed by atoms with van der Waals surface area (Å²) in [5.41, 5.74) is 1.42. The van der Waals surface area contributed by atoms with Gasteiger partial charge in [0.1, 0.15) is 11.6 Å². The second-order valence-electron chi connectivity index (χ2n) is 9.33. The molecule has 5 rings (SSSR count). The van der Waals surface area contributed by atoms with Crippen molar-refractivity contribution in [2.75, 3.05) is 26.7 Å². The van der Waals surface area contributed by atoms with Crippen LogP contribution in [-0.2, 0) is 20.0 Å². The second-order valence-corrected chi connectivity index (χ2v) is 9.33. The number of fused-ring (bicyclic) bond motifs is 4. The molecule has 0 aliphatic carbocycles. The summed E-state index contributed by atoms with van der Waals surface area (Å²) in [5, 5.41) is 0. The van der Waals surface area contributed by atoms with Gasteiger partial charge >= 0.3 is 0 Å². The number of rotatable bonds is 5. The molecule has 2 bridgehead atoms. The van der Waals surface area contributed by atoms with Crippen molar-refractivity contribution in [3.05, 3.63) is 48.0 Å². The summed E-state index contributed by atoms with van der Waals surface area (Å²) in [6.07, 6.45) is 10.7.